The minimum absolute atomic E-state index is 0.00743. The van der Waals surface area contributed by atoms with Gasteiger partial charge in [-0.05, 0) is 69.8 Å². The van der Waals surface area contributed by atoms with Crippen molar-refractivity contribution in [2.45, 2.75) is 30.8 Å². The Morgan fingerprint density at radius 3 is 1.65 bits per heavy atom. The zero-order chi connectivity index (χ0) is 43.6. The van der Waals surface area contributed by atoms with Gasteiger partial charge in [-0.15, -0.1) is 12.6 Å². The fraction of sp³-hybridized carbons (Fsp3) is 0.163. The molecule has 13 heteroatoms. The topological polar surface area (TPSA) is 168 Å². The molecule has 7 rings (SSSR count). The van der Waals surface area contributed by atoms with Gasteiger partial charge >= 0.3 is 12.1 Å². The molecule has 0 saturated heterocycles. The first kappa shape index (κ1) is 43.3. The number of benzene rings is 6. The molecule has 314 valence electrons. The summed E-state index contributed by atoms with van der Waals surface area (Å²) in [7, 11) is -3.25. The molecule has 0 radical (unpaired) electrons. The van der Waals surface area contributed by atoms with Crippen LogP contribution in [0.1, 0.15) is 38.5 Å². The Hall–Kier alpha value is -6.75. The number of nitrogens with two attached hydrogens (primary N) is 1. The number of aliphatic carboxylic acids is 1. The number of thiol groups is 1. The average molecular weight is 866 g/mol. The van der Waals surface area contributed by atoms with Crippen LogP contribution in [0.3, 0.4) is 0 Å². The van der Waals surface area contributed by atoms with Crippen LogP contribution in [0.2, 0.25) is 0 Å². The second-order valence-electron chi connectivity index (χ2n) is 14.9. The number of nitrogens with zero attached hydrogens (tertiary/aromatic N) is 1. The van der Waals surface area contributed by atoms with Gasteiger partial charge in [-0.1, -0.05) is 127 Å². The van der Waals surface area contributed by atoms with Gasteiger partial charge in [-0.3, -0.25) is 19.2 Å². The van der Waals surface area contributed by atoms with Gasteiger partial charge < -0.3 is 26.2 Å². The van der Waals surface area contributed by atoms with Crippen LogP contribution in [-0.2, 0) is 32.0 Å². The number of amides is 4. The van der Waals surface area contributed by atoms with E-state index in [-0.39, 0.29) is 36.4 Å². The standard InChI is InChI=1S/C49H45N4O7PS/c50-46(56)35-24-26-37(27-25-35)61(32-62,36-18-8-3-9-19-36)53(30-45(54)55)48(58)44(29-34-16-6-2-7-17-34)51-47(57)43(28-33-14-4-1-5-15-33)52-49(59)60-31-42-40-22-12-10-20-38(40)39-21-11-13-23-41(39)42/h1-27,42-44H,28-32H2,(H5-,50,51,52,54,55,56,57,59,62)/p+1/t43-,44-,61?/m0/s1. The molecule has 1 aliphatic carbocycles. The Balaban J connectivity index is 1.22. The van der Waals surface area contributed by atoms with Crippen LogP contribution in [0.25, 0.3) is 11.1 Å². The van der Waals surface area contributed by atoms with Gasteiger partial charge in [0.05, 0.1) is 0 Å². The van der Waals surface area contributed by atoms with Crippen LogP contribution < -0.4 is 27.0 Å². The molecule has 11 nitrogen and oxygen atoms in total. The molecular formula is C49H46N4O7PS+. The first-order valence-electron chi connectivity index (χ1n) is 20.1. The highest BCUT2D eigenvalue weighted by atomic mass is 32.1. The molecule has 6 aromatic rings. The fourth-order valence-corrected chi connectivity index (χ4v) is 13.0. The third-order valence-electron chi connectivity index (χ3n) is 11.1. The van der Waals surface area contributed by atoms with E-state index >= 15 is 4.79 Å². The van der Waals surface area contributed by atoms with Gasteiger partial charge in [-0.2, -0.15) is 4.67 Å². The van der Waals surface area contributed by atoms with Gasteiger partial charge in [0.1, 0.15) is 34.8 Å². The molecule has 0 aliphatic heterocycles. The second kappa shape index (κ2) is 19.8. The highest BCUT2D eigenvalue weighted by Gasteiger charge is 2.53. The zero-order valence-electron chi connectivity index (χ0n) is 33.7. The fourth-order valence-electron chi connectivity index (χ4n) is 8.05. The first-order chi connectivity index (χ1) is 30.1. The molecule has 4 amide bonds. The van der Waals surface area contributed by atoms with Crippen molar-refractivity contribution in [1.82, 2.24) is 15.3 Å². The summed E-state index contributed by atoms with van der Waals surface area (Å²) < 4.78 is 7.18. The highest BCUT2D eigenvalue weighted by Crippen LogP contribution is 2.60. The minimum atomic E-state index is -3.25. The summed E-state index contributed by atoms with van der Waals surface area (Å²) in [5.41, 5.74) is 11.5. The number of fused-ring (bicyclic) bond motifs is 3. The van der Waals surface area contributed by atoms with Crippen LogP contribution in [-0.4, -0.2) is 70.3 Å². The lowest BCUT2D eigenvalue weighted by Crippen LogP contribution is -2.57. The molecule has 1 unspecified atom stereocenters. The normalized spacial score (nSPS) is 13.6. The number of hydrogen-bond donors (Lipinski definition) is 5. The summed E-state index contributed by atoms with van der Waals surface area (Å²) in [6.45, 7) is -0.708. The predicted octanol–water partition coefficient (Wildman–Crippen LogP) is 6.35. The summed E-state index contributed by atoms with van der Waals surface area (Å²) in [5.74, 6) is -3.49. The summed E-state index contributed by atoms with van der Waals surface area (Å²) in [4.78, 5) is 68.6. The summed E-state index contributed by atoms with van der Waals surface area (Å²) in [5, 5.41) is 17.4. The van der Waals surface area contributed by atoms with Crippen molar-refractivity contribution in [2.75, 3.05) is 18.6 Å². The largest absolute Gasteiger partial charge is 0.480 e. The lowest BCUT2D eigenvalue weighted by molar-refractivity contribution is -0.142. The van der Waals surface area contributed by atoms with Gasteiger partial charge in [0.2, 0.25) is 11.8 Å². The number of hydrogen-bond acceptors (Lipinski definition) is 7. The molecule has 5 N–H and O–H groups in total. The van der Waals surface area contributed by atoms with E-state index in [2.05, 4.69) is 10.6 Å². The molecule has 0 aromatic heterocycles. The molecule has 0 saturated carbocycles. The van der Waals surface area contributed by atoms with E-state index in [9.17, 15) is 24.3 Å². The number of carbonyl (C=O) groups is 5. The predicted molar refractivity (Wildman–Crippen MR) is 245 cm³/mol. The molecule has 0 heterocycles. The number of carboxylic acid groups (broad SMARTS) is 1. The quantitative estimate of drug-likeness (QED) is 0.0527. The lowest BCUT2D eigenvalue weighted by Gasteiger charge is -2.37. The number of carbonyl (C=O) groups excluding carboxylic acids is 4. The van der Waals surface area contributed by atoms with Gasteiger partial charge in [0, 0.05) is 24.3 Å². The Labute approximate surface area is 366 Å². The zero-order valence-corrected chi connectivity index (χ0v) is 35.5. The van der Waals surface area contributed by atoms with E-state index in [0.717, 1.165) is 27.8 Å². The maximum Gasteiger partial charge on any atom is 0.407 e. The maximum atomic E-state index is 15.4. The third-order valence-corrected chi connectivity index (χ3v) is 16.2. The van der Waals surface area contributed by atoms with Crippen LogP contribution in [0, 0.1) is 0 Å². The first-order valence-corrected chi connectivity index (χ1v) is 22.6. The number of carboxylic acids is 1. The Morgan fingerprint density at radius 1 is 0.645 bits per heavy atom. The Morgan fingerprint density at radius 2 is 1.13 bits per heavy atom. The number of ether oxygens (including phenoxy) is 1. The molecule has 0 fully saturated rings. The van der Waals surface area contributed by atoms with E-state index in [0.29, 0.717) is 16.2 Å². The average Bonchev–Trinajstić information content (AvgIpc) is 3.62. The van der Waals surface area contributed by atoms with Crippen molar-refractivity contribution in [2.24, 2.45) is 5.73 Å². The van der Waals surface area contributed by atoms with E-state index in [1.807, 2.05) is 115 Å². The number of primary amides is 1. The summed E-state index contributed by atoms with van der Waals surface area (Å²) >= 11 is 4.82. The minimum Gasteiger partial charge on any atom is -0.480 e. The monoisotopic (exact) mass is 865 g/mol. The SMILES string of the molecule is NC(=O)c1ccc([P+](CS)(c2ccccc2)N(CC(=O)O)C(=O)[C@H](Cc2ccccc2)NC(=O)[C@H](Cc2ccccc2)NC(=O)OCC2c3ccccc3-c3ccccc32)cc1. The van der Waals surface area contributed by atoms with Crippen molar-refractivity contribution >= 4 is 60.4 Å². The van der Waals surface area contributed by atoms with Crippen molar-refractivity contribution in [3.8, 4) is 11.1 Å². The number of alkyl carbamates (subject to hydrolysis) is 1. The van der Waals surface area contributed by atoms with Crippen molar-refractivity contribution in [1.29, 1.82) is 0 Å². The van der Waals surface area contributed by atoms with Crippen LogP contribution in [0.4, 0.5) is 4.79 Å². The molecular weight excluding hydrogens is 820 g/mol. The highest BCUT2D eigenvalue weighted by molar-refractivity contribution is 8.00. The maximum absolute atomic E-state index is 15.4. The van der Waals surface area contributed by atoms with E-state index in [1.165, 1.54) is 16.8 Å². The van der Waals surface area contributed by atoms with Crippen molar-refractivity contribution in [3.05, 3.63) is 192 Å². The molecule has 0 bridgehead atoms. The molecule has 6 aromatic carbocycles. The Bertz CT molecular complexity index is 2500. The molecule has 3 atom stereocenters. The van der Waals surface area contributed by atoms with E-state index < -0.39 is 55.8 Å². The number of rotatable bonds is 17. The molecule has 0 spiro atoms. The second-order valence-corrected chi connectivity index (χ2v) is 19.1. The van der Waals surface area contributed by atoms with Gasteiger partial charge in [0.25, 0.3) is 5.91 Å². The van der Waals surface area contributed by atoms with Gasteiger partial charge in [0.15, 0.2) is 14.0 Å². The Kier molecular flexibility index (Phi) is 13.8. The molecule has 1 aliphatic rings. The van der Waals surface area contributed by atoms with Crippen molar-refractivity contribution in [3.63, 3.8) is 0 Å². The number of nitrogens with one attached hydrogen (secondary N) is 2. The summed E-state index contributed by atoms with van der Waals surface area (Å²) in [6.07, 6.45) is -0.761. The van der Waals surface area contributed by atoms with Crippen LogP contribution in [0.5, 0.6) is 0 Å². The van der Waals surface area contributed by atoms with Crippen LogP contribution >= 0.6 is 20.0 Å². The lowest BCUT2D eigenvalue weighted by atomic mass is 9.98. The summed E-state index contributed by atoms with van der Waals surface area (Å²) in [6, 6.07) is 47.1. The van der Waals surface area contributed by atoms with E-state index in [1.54, 1.807) is 36.4 Å². The molecule has 62 heavy (non-hydrogen) atoms. The van der Waals surface area contributed by atoms with E-state index in [4.69, 9.17) is 23.1 Å². The van der Waals surface area contributed by atoms with Crippen molar-refractivity contribution < 1.29 is 33.8 Å². The van der Waals surface area contributed by atoms with Gasteiger partial charge in [-0.25, -0.2) is 4.79 Å². The third kappa shape index (κ3) is 9.57. The smallest absolute Gasteiger partial charge is 0.407 e. The van der Waals surface area contributed by atoms with Crippen LogP contribution in [0.15, 0.2) is 164 Å².